The van der Waals surface area contributed by atoms with Gasteiger partial charge in [-0.1, -0.05) is 18.6 Å². The van der Waals surface area contributed by atoms with Gasteiger partial charge in [0.1, 0.15) is 12.0 Å². The molecule has 1 aromatic carbocycles. The Morgan fingerprint density at radius 1 is 1.04 bits per heavy atom. The average Bonchev–Trinajstić information content (AvgIpc) is 2.86. The Labute approximate surface area is 148 Å². The topological polar surface area (TPSA) is 74.2 Å². The predicted molar refractivity (Wildman–Crippen MR) is 96.9 cm³/mol. The number of benzene rings is 1. The van der Waals surface area contributed by atoms with E-state index < -0.39 is 10.2 Å². The van der Waals surface area contributed by atoms with Crippen LogP contribution < -0.4 is 9.62 Å². The summed E-state index contributed by atoms with van der Waals surface area (Å²) in [6.07, 6.45) is 3.52. The summed E-state index contributed by atoms with van der Waals surface area (Å²) in [4.78, 5) is 4.40. The molecular weight excluding hydrogens is 340 g/mol. The average molecular weight is 364 g/mol. The first kappa shape index (κ1) is 16.8. The van der Waals surface area contributed by atoms with Gasteiger partial charge in [0.15, 0.2) is 0 Å². The summed E-state index contributed by atoms with van der Waals surface area (Å²) in [5.41, 5.74) is 2.10. The fourth-order valence-electron chi connectivity index (χ4n) is 3.70. The molecule has 1 N–H and O–H groups in total. The Morgan fingerprint density at radius 3 is 2.56 bits per heavy atom. The van der Waals surface area contributed by atoms with Crippen molar-refractivity contribution in [3.63, 3.8) is 0 Å². The molecule has 0 bridgehead atoms. The van der Waals surface area contributed by atoms with Crippen molar-refractivity contribution in [2.45, 2.75) is 31.8 Å². The molecule has 1 atom stereocenters. The van der Waals surface area contributed by atoms with Gasteiger partial charge in [0.25, 0.3) is 0 Å². The molecule has 3 heterocycles. The lowest BCUT2D eigenvalue weighted by Crippen LogP contribution is -2.48. The van der Waals surface area contributed by atoms with E-state index in [4.69, 9.17) is 4.74 Å². The number of hydrogen-bond donors (Lipinski definition) is 1. The Kier molecular flexibility index (Phi) is 4.66. The van der Waals surface area contributed by atoms with E-state index in [1.807, 2.05) is 12.1 Å². The molecule has 1 aromatic rings. The number of anilines is 1. The normalized spacial score (nSPS) is 26.6. The zero-order valence-electron chi connectivity index (χ0n) is 14.2. The van der Waals surface area contributed by atoms with Gasteiger partial charge >= 0.3 is 10.2 Å². The third-order valence-corrected chi connectivity index (χ3v) is 5.99. The molecule has 8 heteroatoms. The first-order valence-corrected chi connectivity index (χ1v) is 10.4. The number of fused-ring (bicyclic) bond motifs is 1. The molecule has 25 heavy (non-hydrogen) atoms. The van der Waals surface area contributed by atoms with Crippen molar-refractivity contribution in [1.29, 1.82) is 0 Å². The van der Waals surface area contributed by atoms with Gasteiger partial charge in [0.05, 0.1) is 13.2 Å². The molecule has 0 aromatic heterocycles. The van der Waals surface area contributed by atoms with Crippen LogP contribution in [-0.2, 0) is 14.9 Å². The zero-order valence-corrected chi connectivity index (χ0v) is 15.0. The predicted octanol–water partition coefficient (Wildman–Crippen LogP) is 1.64. The van der Waals surface area contributed by atoms with Crippen molar-refractivity contribution < 1.29 is 13.2 Å². The molecular formula is C17H24N4O3S. The number of nitrogens with zero attached hydrogens (tertiary/aromatic N) is 3. The van der Waals surface area contributed by atoms with E-state index in [9.17, 15) is 8.42 Å². The highest BCUT2D eigenvalue weighted by molar-refractivity contribution is 7.88. The van der Waals surface area contributed by atoms with Crippen LogP contribution in [0.15, 0.2) is 28.7 Å². The third-order valence-electron chi connectivity index (χ3n) is 5.01. The van der Waals surface area contributed by atoms with Crippen LogP contribution in [0.3, 0.4) is 0 Å². The first-order chi connectivity index (χ1) is 12.1. The number of amidine groups is 1. The molecule has 0 radical (unpaired) electrons. The van der Waals surface area contributed by atoms with Crippen LogP contribution >= 0.6 is 0 Å². The molecule has 0 saturated carbocycles. The van der Waals surface area contributed by atoms with Crippen LogP contribution in [0.4, 0.5) is 5.69 Å². The van der Waals surface area contributed by atoms with E-state index in [0.29, 0.717) is 5.84 Å². The van der Waals surface area contributed by atoms with Gasteiger partial charge in [-0.25, -0.2) is 0 Å². The van der Waals surface area contributed by atoms with Crippen LogP contribution in [0.2, 0.25) is 0 Å². The Balaban J connectivity index is 1.60. The van der Waals surface area contributed by atoms with Crippen molar-refractivity contribution in [2.75, 3.05) is 37.7 Å². The molecule has 0 unspecified atom stereocenters. The van der Waals surface area contributed by atoms with Gasteiger partial charge in [-0.2, -0.15) is 13.1 Å². The van der Waals surface area contributed by atoms with Gasteiger partial charge < -0.3 is 14.5 Å². The third kappa shape index (κ3) is 3.65. The van der Waals surface area contributed by atoms with E-state index in [1.54, 1.807) is 0 Å². The van der Waals surface area contributed by atoms with E-state index in [2.05, 4.69) is 31.1 Å². The SMILES string of the molecule is O=S1(=O)N=C2CCCCCN2[C@H](c2ccc(N3CCOCC3)cc2)N1. The second-order valence-electron chi connectivity index (χ2n) is 6.70. The molecule has 7 nitrogen and oxygen atoms in total. The molecule has 0 aliphatic carbocycles. The molecule has 3 aliphatic heterocycles. The van der Waals surface area contributed by atoms with Gasteiger partial charge in [-0.3, -0.25) is 0 Å². The maximum atomic E-state index is 12.2. The Morgan fingerprint density at radius 2 is 1.80 bits per heavy atom. The highest BCUT2D eigenvalue weighted by atomic mass is 32.2. The minimum atomic E-state index is -3.63. The molecule has 0 amide bonds. The lowest BCUT2D eigenvalue weighted by molar-refractivity contribution is 0.122. The largest absolute Gasteiger partial charge is 0.378 e. The lowest BCUT2D eigenvalue weighted by Gasteiger charge is -2.36. The number of nitrogens with one attached hydrogen (secondary N) is 1. The molecule has 2 fully saturated rings. The minimum absolute atomic E-state index is 0.366. The van der Waals surface area contributed by atoms with Gasteiger partial charge in [-0.05, 0) is 30.5 Å². The fraction of sp³-hybridized carbons (Fsp3) is 0.588. The van der Waals surface area contributed by atoms with Crippen LogP contribution in [0, 0.1) is 0 Å². The quantitative estimate of drug-likeness (QED) is 0.864. The number of hydrogen-bond acceptors (Lipinski definition) is 5. The van der Waals surface area contributed by atoms with Gasteiger partial charge in [-0.15, -0.1) is 4.40 Å². The van der Waals surface area contributed by atoms with Crippen molar-refractivity contribution in [3.05, 3.63) is 29.8 Å². The fourth-order valence-corrected chi connectivity index (χ4v) is 4.77. The number of morpholine rings is 1. The smallest absolute Gasteiger partial charge is 0.323 e. The summed E-state index contributed by atoms with van der Waals surface area (Å²) in [7, 11) is -3.63. The maximum Gasteiger partial charge on any atom is 0.323 e. The number of ether oxygens (including phenoxy) is 1. The summed E-state index contributed by atoms with van der Waals surface area (Å²) in [5, 5.41) is 0. The van der Waals surface area contributed by atoms with E-state index in [-0.39, 0.29) is 6.17 Å². The standard InChI is InChI=1S/C17H24N4O3S/c22-25(23)18-16-4-2-1-3-9-21(16)17(19-25)14-5-7-15(8-6-14)20-10-12-24-13-11-20/h5-8,17,19H,1-4,9-13H2/t17-/m1/s1. The molecule has 0 spiro atoms. The Bertz CT molecular complexity index is 742. The maximum absolute atomic E-state index is 12.2. The molecule has 136 valence electrons. The molecule has 3 aliphatic rings. The Hall–Kier alpha value is -1.64. The second-order valence-corrected chi connectivity index (χ2v) is 8.07. The second kappa shape index (κ2) is 6.93. The molecule has 4 rings (SSSR count). The summed E-state index contributed by atoms with van der Waals surface area (Å²) >= 11 is 0. The highest BCUT2D eigenvalue weighted by Crippen LogP contribution is 2.29. The lowest BCUT2D eigenvalue weighted by atomic mass is 10.1. The van der Waals surface area contributed by atoms with Gasteiger partial charge in [0.2, 0.25) is 0 Å². The molecule has 2 saturated heterocycles. The number of rotatable bonds is 2. The summed E-state index contributed by atoms with van der Waals surface area (Å²) < 4.78 is 36.4. The van der Waals surface area contributed by atoms with Crippen molar-refractivity contribution in [3.8, 4) is 0 Å². The van der Waals surface area contributed by atoms with E-state index in [0.717, 1.165) is 69.8 Å². The van der Waals surface area contributed by atoms with Crippen LogP contribution in [0.1, 0.15) is 37.4 Å². The first-order valence-electron chi connectivity index (χ1n) is 8.93. The van der Waals surface area contributed by atoms with Crippen molar-refractivity contribution in [1.82, 2.24) is 9.62 Å². The van der Waals surface area contributed by atoms with Gasteiger partial charge in [0, 0.05) is 31.7 Å². The van der Waals surface area contributed by atoms with Crippen LogP contribution in [0.5, 0.6) is 0 Å². The summed E-state index contributed by atoms with van der Waals surface area (Å²) in [6.45, 7) is 4.10. The van der Waals surface area contributed by atoms with Crippen LogP contribution in [-0.4, -0.2) is 52.0 Å². The monoisotopic (exact) mass is 364 g/mol. The minimum Gasteiger partial charge on any atom is -0.378 e. The van der Waals surface area contributed by atoms with Crippen molar-refractivity contribution >= 4 is 21.7 Å². The van der Waals surface area contributed by atoms with Crippen molar-refractivity contribution in [2.24, 2.45) is 4.40 Å². The van der Waals surface area contributed by atoms with E-state index in [1.165, 1.54) is 0 Å². The zero-order chi connectivity index (χ0) is 17.3. The highest BCUT2D eigenvalue weighted by Gasteiger charge is 2.33. The van der Waals surface area contributed by atoms with E-state index >= 15 is 0 Å². The summed E-state index contributed by atoms with van der Waals surface area (Å²) in [5.74, 6) is 0.693. The van der Waals surface area contributed by atoms with Crippen LogP contribution in [0.25, 0.3) is 0 Å². The summed E-state index contributed by atoms with van der Waals surface area (Å²) in [6, 6.07) is 8.17.